The summed E-state index contributed by atoms with van der Waals surface area (Å²) in [6.07, 6.45) is -4.54. The minimum atomic E-state index is -4.54. The van der Waals surface area contributed by atoms with Gasteiger partial charge in [-0.2, -0.15) is 13.2 Å². The van der Waals surface area contributed by atoms with E-state index in [0.717, 1.165) is 18.0 Å². The molecule has 0 aliphatic rings. The molecule has 0 amide bonds. The van der Waals surface area contributed by atoms with Gasteiger partial charge in [-0.25, -0.2) is 13.1 Å². The molecule has 4 N–H and O–H groups in total. The van der Waals surface area contributed by atoms with Crippen molar-refractivity contribution in [3.63, 3.8) is 0 Å². The second-order valence-corrected chi connectivity index (χ2v) is 6.05. The van der Waals surface area contributed by atoms with E-state index < -0.39 is 29.4 Å². The third-order valence-corrected chi connectivity index (χ3v) is 4.07. The van der Waals surface area contributed by atoms with Crippen molar-refractivity contribution >= 4 is 21.4 Å². The van der Waals surface area contributed by atoms with Crippen LogP contribution in [0.2, 0.25) is 0 Å². The van der Waals surface area contributed by atoms with Gasteiger partial charge in [0.25, 0.3) is 0 Å². The first-order valence-corrected chi connectivity index (χ1v) is 7.34. The summed E-state index contributed by atoms with van der Waals surface area (Å²) >= 11 is 0. The van der Waals surface area contributed by atoms with Crippen molar-refractivity contribution in [2.75, 3.05) is 37.4 Å². The average Bonchev–Trinajstić information content (AvgIpc) is 2.36. The van der Waals surface area contributed by atoms with Gasteiger partial charge in [0.2, 0.25) is 10.0 Å². The Balaban J connectivity index is 3.38. The van der Waals surface area contributed by atoms with Crippen LogP contribution in [0.4, 0.5) is 24.5 Å². The highest BCUT2D eigenvalue weighted by Crippen LogP contribution is 2.29. The molecule has 0 unspecified atom stereocenters. The number of nitrogens with two attached hydrogens (primary N) is 1. The fourth-order valence-corrected chi connectivity index (χ4v) is 2.72. The summed E-state index contributed by atoms with van der Waals surface area (Å²) in [4.78, 5) is 0.367. The van der Waals surface area contributed by atoms with Crippen LogP contribution in [-0.4, -0.2) is 46.4 Å². The molecule has 0 bridgehead atoms. The Morgan fingerprint density at radius 1 is 1.38 bits per heavy atom. The fraction of sp³-hybridized carbons (Fsp3) is 0.455. The number of hydrogen-bond donors (Lipinski definition) is 3. The first kappa shape index (κ1) is 17.5. The lowest BCUT2D eigenvalue weighted by Crippen LogP contribution is -2.37. The van der Waals surface area contributed by atoms with Crippen LogP contribution in [0.5, 0.6) is 0 Å². The maximum atomic E-state index is 12.6. The van der Waals surface area contributed by atoms with Gasteiger partial charge < -0.3 is 15.7 Å². The van der Waals surface area contributed by atoms with Gasteiger partial charge in [0.15, 0.2) is 0 Å². The zero-order valence-electron chi connectivity index (χ0n) is 11.2. The Morgan fingerprint density at radius 3 is 2.48 bits per heavy atom. The number of halogens is 3. The van der Waals surface area contributed by atoms with E-state index in [1.54, 1.807) is 0 Å². The van der Waals surface area contributed by atoms with E-state index in [1.807, 2.05) is 4.72 Å². The van der Waals surface area contributed by atoms with Crippen LogP contribution in [-0.2, 0) is 10.0 Å². The number of nitrogens with one attached hydrogen (secondary N) is 1. The Hall–Kier alpha value is -1.52. The van der Waals surface area contributed by atoms with Crippen molar-refractivity contribution in [2.45, 2.75) is 11.1 Å². The number of sulfonamides is 1. The number of benzene rings is 1. The molecule has 0 spiro atoms. The lowest BCUT2D eigenvalue weighted by molar-refractivity contribution is -0.119. The predicted octanol–water partition coefficient (Wildman–Crippen LogP) is 0.538. The zero-order valence-corrected chi connectivity index (χ0v) is 12.0. The highest BCUT2D eigenvalue weighted by Gasteiger charge is 2.32. The molecule has 120 valence electrons. The molecule has 0 atom stereocenters. The third kappa shape index (κ3) is 4.76. The van der Waals surface area contributed by atoms with E-state index in [1.165, 1.54) is 12.1 Å². The fourth-order valence-electron chi connectivity index (χ4n) is 1.74. The molecule has 1 aromatic rings. The highest BCUT2D eigenvalue weighted by atomic mass is 32.2. The number of hydrogen-bond acceptors (Lipinski definition) is 5. The Labute approximate surface area is 120 Å². The number of aliphatic hydroxyl groups excluding tert-OH is 1. The smallest absolute Gasteiger partial charge is 0.399 e. The maximum Gasteiger partial charge on any atom is 0.405 e. The molecule has 0 fully saturated rings. The molecule has 0 heterocycles. The second kappa shape index (κ2) is 6.50. The topological polar surface area (TPSA) is 95.7 Å². The van der Waals surface area contributed by atoms with Crippen LogP contribution in [0.1, 0.15) is 0 Å². The maximum absolute atomic E-state index is 12.6. The van der Waals surface area contributed by atoms with E-state index in [2.05, 4.69) is 0 Å². The van der Waals surface area contributed by atoms with Crippen LogP contribution >= 0.6 is 0 Å². The van der Waals surface area contributed by atoms with Gasteiger partial charge in [0, 0.05) is 12.2 Å². The lowest BCUT2D eigenvalue weighted by atomic mass is 10.2. The van der Waals surface area contributed by atoms with E-state index in [-0.39, 0.29) is 22.8 Å². The molecule has 0 radical (unpaired) electrons. The van der Waals surface area contributed by atoms with Gasteiger partial charge >= 0.3 is 6.18 Å². The molecular weight excluding hydrogens is 311 g/mol. The molecule has 0 saturated heterocycles. The van der Waals surface area contributed by atoms with Crippen molar-refractivity contribution in [1.29, 1.82) is 0 Å². The highest BCUT2D eigenvalue weighted by molar-refractivity contribution is 7.89. The second-order valence-electron chi connectivity index (χ2n) is 4.20. The molecule has 10 heteroatoms. The number of nitrogen functional groups attached to an aromatic ring is 1. The first-order valence-electron chi connectivity index (χ1n) is 5.86. The van der Waals surface area contributed by atoms with Gasteiger partial charge in [-0.15, -0.1) is 0 Å². The molecule has 0 aliphatic heterocycles. The summed E-state index contributed by atoms with van der Waals surface area (Å²) in [7, 11) is -2.85. The zero-order chi connectivity index (χ0) is 16.3. The SMILES string of the molecule is CNS(=O)(=O)c1cc(N)ccc1N(CCO)CC(F)(F)F. The van der Waals surface area contributed by atoms with E-state index >= 15 is 0 Å². The quantitative estimate of drug-likeness (QED) is 0.663. The summed E-state index contributed by atoms with van der Waals surface area (Å²) in [5.74, 6) is 0. The van der Waals surface area contributed by atoms with Crippen LogP contribution in [0.15, 0.2) is 23.1 Å². The minimum absolute atomic E-state index is 0.100. The van der Waals surface area contributed by atoms with Gasteiger partial charge in [-0.3, -0.25) is 0 Å². The summed E-state index contributed by atoms with van der Waals surface area (Å²) in [6, 6.07) is 3.55. The van der Waals surface area contributed by atoms with E-state index in [4.69, 9.17) is 10.8 Å². The summed E-state index contributed by atoms with van der Waals surface area (Å²) in [6.45, 7) is -2.31. The number of anilines is 2. The third-order valence-electron chi connectivity index (χ3n) is 2.62. The van der Waals surface area contributed by atoms with Gasteiger partial charge in [0.1, 0.15) is 11.4 Å². The monoisotopic (exact) mass is 327 g/mol. The Kier molecular flexibility index (Phi) is 5.42. The van der Waals surface area contributed by atoms with Crippen LogP contribution in [0.3, 0.4) is 0 Å². The molecule has 1 aromatic carbocycles. The van der Waals surface area contributed by atoms with E-state index in [0.29, 0.717) is 0 Å². The van der Waals surface area contributed by atoms with Crippen molar-refractivity contribution < 1.29 is 26.7 Å². The van der Waals surface area contributed by atoms with Gasteiger partial charge in [0.05, 0.1) is 12.3 Å². The number of rotatable bonds is 6. The van der Waals surface area contributed by atoms with Gasteiger partial charge in [-0.1, -0.05) is 0 Å². The molecule has 1 rings (SSSR count). The van der Waals surface area contributed by atoms with Crippen molar-refractivity contribution in [2.24, 2.45) is 0 Å². The van der Waals surface area contributed by atoms with E-state index in [9.17, 15) is 21.6 Å². The van der Waals surface area contributed by atoms with Crippen LogP contribution < -0.4 is 15.4 Å². The normalized spacial score (nSPS) is 12.4. The first-order chi connectivity index (χ1) is 9.60. The largest absolute Gasteiger partial charge is 0.405 e. The number of nitrogens with zero attached hydrogens (tertiary/aromatic N) is 1. The summed E-state index contributed by atoms with van der Waals surface area (Å²) in [5.41, 5.74) is 5.42. The molecule has 0 saturated carbocycles. The Bertz CT molecular complexity index is 590. The molecular formula is C11H16F3N3O3S. The predicted molar refractivity (Wildman–Crippen MR) is 72.5 cm³/mol. The van der Waals surface area contributed by atoms with Crippen molar-refractivity contribution in [3.05, 3.63) is 18.2 Å². The average molecular weight is 327 g/mol. The Morgan fingerprint density at radius 2 is 2.00 bits per heavy atom. The standard InChI is InChI=1S/C11H16F3N3O3S/c1-16-21(19,20)10-6-8(15)2-3-9(10)17(4-5-18)7-11(12,13)14/h2-3,6,16,18H,4-5,7,15H2,1H3. The molecule has 0 aliphatic carbocycles. The lowest BCUT2D eigenvalue weighted by Gasteiger charge is -2.27. The molecule has 21 heavy (non-hydrogen) atoms. The summed E-state index contributed by atoms with van der Waals surface area (Å²) in [5, 5.41) is 8.90. The van der Waals surface area contributed by atoms with Gasteiger partial charge in [-0.05, 0) is 25.2 Å². The molecule has 0 aromatic heterocycles. The van der Waals surface area contributed by atoms with Crippen LogP contribution in [0.25, 0.3) is 0 Å². The minimum Gasteiger partial charge on any atom is -0.399 e. The molecule has 6 nitrogen and oxygen atoms in total. The van der Waals surface area contributed by atoms with Crippen LogP contribution in [0, 0.1) is 0 Å². The van der Waals surface area contributed by atoms with Crippen molar-refractivity contribution in [1.82, 2.24) is 4.72 Å². The van der Waals surface area contributed by atoms with Crippen molar-refractivity contribution in [3.8, 4) is 0 Å². The summed E-state index contributed by atoms with van der Waals surface area (Å²) < 4.78 is 63.6. The number of alkyl halides is 3. The number of aliphatic hydroxyl groups is 1.